The second kappa shape index (κ2) is 5.66. The number of rotatable bonds is 4. The van der Waals surface area contributed by atoms with E-state index in [9.17, 15) is 4.79 Å². The van der Waals surface area contributed by atoms with Crippen LogP contribution >= 0.6 is 11.6 Å². The summed E-state index contributed by atoms with van der Waals surface area (Å²) < 4.78 is 11.1. The second-order valence-corrected chi connectivity index (χ2v) is 4.00. The normalized spacial score (nSPS) is 10.3. The number of esters is 1. The lowest BCUT2D eigenvalue weighted by Gasteiger charge is -1.98. The van der Waals surface area contributed by atoms with Gasteiger partial charge in [-0.1, -0.05) is 11.6 Å². The molecule has 8 heteroatoms. The number of carbonyl (C=O) groups excluding carboxylic acids is 1. The molecule has 0 spiro atoms. The molecule has 0 aliphatic rings. The Morgan fingerprint density at radius 3 is 2.89 bits per heavy atom. The molecule has 0 bridgehead atoms. The minimum atomic E-state index is -0.501. The van der Waals surface area contributed by atoms with Crippen molar-refractivity contribution in [2.45, 2.75) is 0 Å². The zero-order valence-electron chi connectivity index (χ0n) is 10.3. The topological polar surface area (TPSA) is 79.1 Å². The molecule has 0 aliphatic heterocycles. The molecule has 2 aromatic rings. The molecular weight excluding hydrogens is 272 g/mol. The summed E-state index contributed by atoms with van der Waals surface area (Å²) in [5, 5.41) is 4.55. The van der Waals surface area contributed by atoms with E-state index in [1.165, 1.54) is 18.0 Å². The molecule has 0 saturated heterocycles. The van der Waals surface area contributed by atoms with Crippen LogP contribution in [0.4, 0.5) is 0 Å². The summed E-state index contributed by atoms with van der Waals surface area (Å²) in [6, 6.07) is 3.50. The fraction of sp³-hybridized carbons (Fsp3) is 0.273. The first-order valence-electron chi connectivity index (χ1n) is 5.32. The van der Waals surface area contributed by atoms with E-state index in [4.69, 9.17) is 16.3 Å². The Morgan fingerprint density at radius 2 is 2.26 bits per heavy atom. The molecular formula is C11H11ClN4O3. The predicted octanol–water partition coefficient (Wildman–Crippen LogP) is 1.08. The Morgan fingerprint density at radius 1 is 1.47 bits per heavy atom. The molecule has 0 amide bonds. The lowest BCUT2D eigenvalue weighted by Crippen LogP contribution is -2.13. The van der Waals surface area contributed by atoms with E-state index < -0.39 is 5.97 Å². The fourth-order valence-electron chi connectivity index (χ4n) is 1.34. The molecule has 2 aromatic heterocycles. The van der Waals surface area contributed by atoms with Crippen LogP contribution in [0, 0.1) is 0 Å². The summed E-state index contributed by atoms with van der Waals surface area (Å²) in [6.07, 6.45) is 1.51. The molecule has 100 valence electrons. The average Bonchev–Trinajstić information content (AvgIpc) is 2.78. The van der Waals surface area contributed by atoms with Gasteiger partial charge in [0.2, 0.25) is 0 Å². The van der Waals surface area contributed by atoms with Gasteiger partial charge in [-0.25, -0.2) is 9.48 Å². The lowest BCUT2D eigenvalue weighted by molar-refractivity contribution is -0.143. The molecule has 0 aliphatic carbocycles. The maximum absolute atomic E-state index is 10.9. The number of aryl methyl sites for hydroxylation is 1. The van der Waals surface area contributed by atoms with Gasteiger partial charge in [0, 0.05) is 13.2 Å². The van der Waals surface area contributed by atoms with Crippen LogP contribution in [0.2, 0.25) is 5.02 Å². The highest BCUT2D eigenvalue weighted by molar-refractivity contribution is 6.30. The van der Waals surface area contributed by atoms with Crippen LogP contribution in [0.1, 0.15) is 0 Å². The number of nitrogens with zero attached hydrogens (tertiary/aromatic N) is 4. The lowest BCUT2D eigenvalue weighted by atomic mass is 10.3. The van der Waals surface area contributed by atoms with Crippen molar-refractivity contribution in [2.24, 2.45) is 7.05 Å². The molecule has 2 rings (SSSR count). The Kier molecular flexibility index (Phi) is 3.96. The number of carbonyl (C=O) groups is 1. The van der Waals surface area contributed by atoms with E-state index in [0.29, 0.717) is 16.5 Å². The second-order valence-electron chi connectivity index (χ2n) is 3.57. The zero-order chi connectivity index (χ0) is 13.8. The number of hydrogen-bond donors (Lipinski definition) is 0. The number of halogens is 1. The molecule has 7 nitrogen and oxygen atoms in total. The van der Waals surface area contributed by atoms with E-state index >= 15 is 0 Å². The number of methoxy groups -OCH3 is 1. The van der Waals surface area contributed by atoms with Crippen molar-refractivity contribution in [1.82, 2.24) is 19.7 Å². The Hall–Kier alpha value is -2.15. The average molecular weight is 283 g/mol. The van der Waals surface area contributed by atoms with Gasteiger partial charge in [0.05, 0.1) is 12.1 Å². The highest BCUT2D eigenvalue weighted by Gasteiger charge is 2.12. The monoisotopic (exact) mass is 282 g/mol. The van der Waals surface area contributed by atoms with Gasteiger partial charge in [0.15, 0.2) is 12.4 Å². The first-order chi connectivity index (χ1) is 9.10. The van der Waals surface area contributed by atoms with Crippen molar-refractivity contribution < 1.29 is 14.3 Å². The Labute approximate surface area is 114 Å². The number of hydrogen-bond acceptors (Lipinski definition) is 6. The van der Waals surface area contributed by atoms with Gasteiger partial charge in [-0.2, -0.15) is 4.98 Å². The van der Waals surface area contributed by atoms with Gasteiger partial charge >= 0.3 is 12.0 Å². The smallest absolute Gasteiger partial charge is 0.344 e. The number of pyridine rings is 1. The van der Waals surface area contributed by atoms with Gasteiger partial charge < -0.3 is 9.47 Å². The molecule has 2 heterocycles. The van der Waals surface area contributed by atoms with Crippen LogP contribution in [0.25, 0.3) is 11.5 Å². The molecule has 19 heavy (non-hydrogen) atoms. The van der Waals surface area contributed by atoms with E-state index in [0.717, 1.165) is 0 Å². The van der Waals surface area contributed by atoms with Crippen LogP contribution < -0.4 is 4.74 Å². The zero-order valence-corrected chi connectivity index (χ0v) is 11.1. The van der Waals surface area contributed by atoms with Crippen LogP contribution in [-0.2, 0) is 16.6 Å². The third kappa shape index (κ3) is 3.19. The van der Waals surface area contributed by atoms with Crippen molar-refractivity contribution in [3.05, 3.63) is 23.4 Å². The van der Waals surface area contributed by atoms with E-state index in [2.05, 4.69) is 19.8 Å². The van der Waals surface area contributed by atoms with Gasteiger partial charge in [-0.05, 0) is 12.1 Å². The van der Waals surface area contributed by atoms with Crippen molar-refractivity contribution in [1.29, 1.82) is 0 Å². The van der Waals surface area contributed by atoms with Gasteiger partial charge in [-0.3, -0.25) is 4.98 Å². The van der Waals surface area contributed by atoms with Crippen LogP contribution in [0.3, 0.4) is 0 Å². The summed E-state index contributed by atoms with van der Waals surface area (Å²) in [7, 11) is 2.98. The van der Waals surface area contributed by atoms with Crippen molar-refractivity contribution in [2.75, 3.05) is 13.7 Å². The fourth-order valence-corrected chi connectivity index (χ4v) is 1.45. The summed E-state index contributed by atoms with van der Waals surface area (Å²) in [5.41, 5.74) is 0.604. The molecule has 0 aromatic carbocycles. The van der Waals surface area contributed by atoms with Gasteiger partial charge in [-0.15, -0.1) is 5.10 Å². The quantitative estimate of drug-likeness (QED) is 0.781. The first-order valence-corrected chi connectivity index (χ1v) is 5.70. The third-order valence-corrected chi connectivity index (χ3v) is 2.47. The van der Waals surface area contributed by atoms with Crippen LogP contribution in [0.5, 0.6) is 6.01 Å². The minimum Gasteiger partial charge on any atom is -0.466 e. The van der Waals surface area contributed by atoms with Gasteiger partial charge in [0.1, 0.15) is 5.69 Å². The first kappa shape index (κ1) is 13.3. The highest BCUT2D eigenvalue weighted by atomic mass is 35.5. The van der Waals surface area contributed by atoms with E-state index in [1.807, 2.05) is 0 Å². The molecule has 0 fully saturated rings. The van der Waals surface area contributed by atoms with Crippen molar-refractivity contribution in [3.63, 3.8) is 0 Å². The summed E-state index contributed by atoms with van der Waals surface area (Å²) >= 11 is 5.76. The Bertz CT molecular complexity index is 582. The third-order valence-electron chi connectivity index (χ3n) is 2.25. The largest absolute Gasteiger partial charge is 0.466 e. The number of ether oxygens (including phenoxy) is 2. The molecule has 0 radical (unpaired) electrons. The van der Waals surface area contributed by atoms with E-state index in [-0.39, 0.29) is 12.6 Å². The van der Waals surface area contributed by atoms with Crippen molar-refractivity contribution in [3.8, 4) is 17.5 Å². The van der Waals surface area contributed by atoms with E-state index in [1.54, 1.807) is 19.2 Å². The SMILES string of the molecule is COC(=O)COc1nc(-c2ccc(Cl)cn2)n(C)n1. The predicted molar refractivity (Wildman–Crippen MR) is 66.8 cm³/mol. The highest BCUT2D eigenvalue weighted by Crippen LogP contribution is 2.18. The molecule has 0 saturated carbocycles. The molecule has 0 unspecified atom stereocenters. The van der Waals surface area contributed by atoms with Gasteiger partial charge in [0.25, 0.3) is 0 Å². The molecule has 0 atom stereocenters. The van der Waals surface area contributed by atoms with Crippen molar-refractivity contribution >= 4 is 17.6 Å². The van der Waals surface area contributed by atoms with Crippen LogP contribution in [-0.4, -0.2) is 39.4 Å². The summed E-state index contributed by atoms with van der Waals surface area (Å²) in [5.74, 6) is 0.00940. The maximum Gasteiger partial charge on any atom is 0.344 e. The maximum atomic E-state index is 10.9. The summed E-state index contributed by atoms with van der Waals surface area (Å²) in [6.45, 7) is -0.242. The standard InChI is InChI=1S/C11H11ClN4O3/c1-16-10(8-4-3-7(12)5-13-8)14-11(15-16)19-6-9(17)18-2/h3-5H,6H2,1-2H3. The molecule has 0 N–H and O–H groups in total. The minimum absolute atomic E-state index is 0.0830. The Balaban J connectivity index is 2.16. The summed E-state index contributed by atoms with van der Waals surface area (Å²) in [4.78, 5) is 19.2. The number of aromatic nitrogens is 4. The van der Waals surface area contributed by atoms with Crippen LogP contribution in [0.15, 0.2) is 18.3 Å².